The third-order valence-corrected chi connectivity index (χ3v) is 7.30. The van der Waals surface area contributed by atoms with Crippen molar-refractivity contribution in [2.24, 2.45) is 11.3 Å². The van der Waals surface area contributed by atoms with Gasteiger partial charge in [-0.05, 0) is 82.1 Å². The van der Waals surface area contributed by atoms with Crippen molar-refractivity contribution in [2.75, 3.05) is 31.1 Å². The van der Waals surface area contributed by atoms with Gasteiger partial charge in [0, 0.05) is 31.1 Å². The average molecular weight is 579 g/mol. The van der Waals surface area contributed by atoms with Crippen molar-refractivity contribution < 1.29 is 28.6 Å². The predicted octanol–water partition coefficient (Wildman–Crippen LogP) is 6.70. The summed E-state index contributed by atoms with van der Waals surface area (Å²) in [7, 11) is 0. The molecule has 0 saturated carbocycles. The third kappa shape index (κ3) is 6.12. The van der Waals surface area contributed by atoms with Crippen LogP contribution < -0.4 is 14.4 Å². The molecule has 8 nitrogen and oxygen atoms in total. The highest BCUT2D eigenvalue weighted by Gasteiger charge is 2.37. The van der Waals surface area contributed by atoms with E-state index in [1.807, 2.05) is 63.2 Å². The number of amides is 2. The van der Waals surface area contributed by atoms with Crippen LogP contribution in [0.4, 0.5) is 10.5 Å². The molecule has 0 unspecified atom stereocenters. The fourth-order valence-corrected chi connectivity index (χ4v) is 5.13. The number of hydrogen-bond acceptors (Lipinski definition) is 6. The highest BCUT2D eigenvalue weighted by Crippen LogP contribution is 2.44. The molecule has 0 atom stereocenters. The van der Waals surface area contributed by atoms with Crippen LogP contribution in [0, 0.1) is 11.3 Å². The van der Waals surface area contributed by atoms with Crippen LogP contribution in [0.5, 0.6) is 11.5 Å². The predicted molar refractivity (Wildman–Crippen MR) is 159 cm³/mol. The van der Waals surface area contributed by atoms with Crippen molar-refractivity contribution in [3.63, 3.8) is 0 Å². The highest BCUT2D eigenvalue weighted by molar-refractivity contribution is 6.34. The Balaban J connectivity index is 1.43. The SMILES string of the molecule is CC(C)(C)OC(=O)N1CC(CN2C(=O)COc3cc(-c4cc(OC(=O)C(C)(C)C)cc5ccccc45)c(Cl)cc32)C1. The summed E-state index contributed by atoms with van der Waals surface area (Å²) in [5, 5.41) is 2.26. The van der Waals surface area contributed by atoms with Crippen molar-refractivity contribution >= 4 is 46.0 Å². The maximum Gasteiger partial charge on any atom is 0.410 e. The Hall–Kier alpha value is -3.78. The van der Waals surface area contributed by atoms with Gasteiger partial charge in [0.1, 0.15) is 17.1 Å². The number of ether oxygens (including phenoxy) is 3. The molecule has 2 amide bonds. The first-order valence-corrected chi connectivity index (χ1v) is 14.1. The number of fused-ring (bicyclic) bond motifs is 2. The molecule has 216 valence electrons. The number of carbonyl (C=O) groups is 3. The van der Waals surface area contributed by atoms with E-state index in [0.29, 0.717) is 47.4 Å². The van der Waals surface area contributed by atoms with Gasteiger partial charge in [-0.15, -0.1) is 0 Å². The zero-order chi connectivity index (χ0) is 29.7. The average Bonchev–Trinajstić information content (AvgIpc) is 2.84. The summed E-state index contributed by atoms with van der Waals surface area (Å²) in [6.45, 7) is 12.3. The van der Waals surface area contributed by atoms with Crippen molar-refractivity contribution in [3.05, 3.63) is 53.6 Å². The van der Waals surface area contributed by atoms with Crippen LogP contribution in [0.25, 0.3) is 21.9 Å². The Kier molecular flexibility index (Phi) is 7.40. The number of likely N-dealkylation sites (tertiary alicyclic amines) is 1. The minimum absolute atomic E-state index is 0.0967. The van der Waals surface area contributed by atoms with Crippen molar-refractivity contribution in [2.45, 2.75) is 47.1 Å². The van der Waals surface area contributed by atoms with E-state index in [1.54, 1.807) is 36.6 Å². The first-order chi connectivity index (χ1) is 19.2. The van der Waals surface area contributed by atoms with Gasteiger partial charge in [-0.3, -0.25) is 9.59 Å². The summed E-state index contributed by atoms with van der Waals surface area (Å²) in [5.74, 6) is 0.555. The van der Waals surface area contributed by atoms with Gasteiger partial charge < -0.3 is 24.0 Å². The van der Waals surface area contributed by atoms with Crippen molar-refractivity contribution in [1.29, 1.82) is 0 Å². The summed E-state index contributed by atoms with van der Waals surface area (Å²) >= 11 is 6.88. The van der Waals surface area contributed by atoms with Crippen LogP contribution in [0.3, 0.4) is 0 Å². The van der Waals surface area contributed by atoms with E-state index >= 15 is 0 Å². The van der Waals surface area contributed by atoms with Gasteiger partial charge in [-0.2, -0.15) is 0 Å². The van der Waals surface area contributed by atoms with E-state index in [-0.39, 0.29) is 30.5 Å². The fraction of sp³-hybridized carbons (Fsp3) is 0.406. The summed E-state index contributed by atoms with van der Waals surface area (Å²) in [5.41, 5.74) is 0.847. The second kappa shape index (κ2) is 10.6. The van der Waals surface area contributed by atoms with E-state index in [4.69, 9.17) is 25.8 Å². The largest absolute Gasteiger partial charge is 0.482 e. The molecule has 9 heteroatoms. The minimum atomic E-state index is -0.663. The molecule has 0 N–H and O–H groups in total. The lowest BCUT2D eigenvalue weighted by Crippen LogP contribution is -2.56. The molecule has 2 aliphatic heterocycles. The number of hydrogen-bond donors (Lipinski definition) is 0. The van der Waals surface area contributed by atoms with Crippen molar-refractivity contribution in [3.8, 4) is 22.6 Å². The number of rotatable bonds is 4. The molecule has 2 heterocycles. The molecule has 3 aromatic carbocycles. The number of esters is 1. The molecule has 41 heavy (non-hydrogen) atoms. The minimum Gasteiger partial charge on any atom is -0.482 e. The summed E-state index contributed by atoms with van der Waals surface area (Å²) < 4.78 is 17.1. The van der Waals surface area contributed by atoms with Crippen LogP contribution in [-0.2, 0) is 14.3 Å². The standard InChI is InChI=1S/C32H35ClN2O6/c1-31(2,3)29(37)40-21-11-20-9-7-8-10-22(20)23(12-21)24-13-27-26(14-25(24)33)35(28(36)18-39-27)17-19-15-34(16-19)30(38)41-32(4,5)6/h7-14,19H,15-18H2,1-6H3. The van der Waals surface area contributed by atoms with Crippen LogP contribution in [0.1, 0.15) is 41.5 Å². The van der Waals surface area contributed by atoms with E-state index in [9.17, 15) is 14.4 Å². The molecule has 1 saturated heterocycles. The normalized spacial score (nSPS) is 15.7. The molecule has 0 aliphatic carbocycles. The lowest BCUT2D eigenvalue weighted by atomic mass is 9.95. The Morgan fingerprint density at radius 1 is 1.00 bits per heavy atom. The summed E-state index contributed by atoms with van der Waals surface area (Å²) in [4.78, 5) is 41.2. The van der Waals surface area contributed by atoms with Crippen LogP contribution in [-0.4, -0.2) is 54.7 Å². The van der Waals surface area contributed by atoms with Gasteiger partial charge in [0.15, 0.2) is 6.61 Å². The van der Waals surface area contributed by atoms with Gasteiger partial charge >= 0.3 is 12.1 Å². The third-order valence-electron chi connectivity index (χ3n) is 6.99. The lowest BCUT2D eigenvalue weighted by molar-refractivity contribution is -0.143. The summed E-state index contributed by atoms with van der Waals surface area (Å²) in [6.07, 6.45) is -0.349. The zero-order valence-corrected chi connectivity index (χ0v) is 25.0. The summed E-state index contributed by atoms with van der Waals surface area (Å²) in [6, 6.07) is 15.0. The first kappa shape index (κ1) is 28.7. The van der Waals surface area contributed by atoms with Gasteiger partial charge in [0.25, 0.3) is 5.91 Å². The quantitative estimate of drug-likeness (QED) is 0.253. The van der Waals surface area contributed by atoms with Gasteiger partial charge in [-0.1, -0.05) is 35.9 Å². The molecule has 0 spiro atoms. The molecule has 3 aromatic rings. The van der Waals surface area contributed by atoms with Crippen LogP contribution in [0.2, 0.25) is 5.02 Å². The topological polar surface area (TPSA) is 85.4 Å². The van der Waals surface area contributed by atoms with Crippen LogP contribution in [0.15, 0.2) is 48.5 Å². The first-order valence-electron chi connectivity index (χ1n) is 13.7. The molecule has 0 radical (unpaired) electrons. The molecule has 2 aliphatic rings. The van der Waals surface area contributed by atoms with E-state index < -0.39 is 11.0 Å². The number of halogens is 1. The smallest absolute Gasteiger partial charge is 0.410 e. The van der Waals surface area contributed by atoms with E-state index in [1.165, 1.54) is 0 Å². The van der Waals surface area contributed by atoms with E-state index in [2.05, 4.69) is 0 Å². The maximum atomic E-state index is 12.9. The lowest BCUT2D eigenvalue weighted by Gasteiger charge is -2.42. The molecule has 0 bridgehead atoms. The van der Waals surface area contributed by atoms with Gasteiger partial charge in [-0.25, -0.2) is 4.79 Å². The number of anilines is 1. The number of carbonyl (C=O) groups excluding carboxylic acids is 3. The Labute approximate surface area is 245 Å². The van der Waals surface area contributed by atoms with Gasteiger partial charge in [0.05, 0.1) is 16.1 Å². The molecular weight excluding hydrogens is 544 g/mol. The van der Waals surface area contributed by atoms with Crippen LogP contribution >= 0.6 is 11.6 Å². The number of nitrogens with zero attached hydrogens (tertiary/aromatic N) is 2. The van der Waals surface area contributed by atoms with Crippen molar-refractivity contribution in [1.82, 2.24) is 4.90 Å². The molecule has 0 aromatic heterocycles. The maximum absolute atomic E-state index is 12.9. The molecular formula is C32H35ClN2O6. The number of benzene rings is 3. The Morgan fingerprint density at radius 3 is 2.39 bits per heavy atom. The zero-order valence-electron chi connectivity index (χ0n) is 24.2. The molecule has 5 rings (SSSR count). The van der Waals surface area contributed by atoms with Gasteiger partial charge in [0.2, 0.25) is 0 Å². The monoisotopic (exact) mass is 578 g/mol. The Morgan fingerprint density at radius 2 is 1.71 bits per heavy atom. The highest BCUT2D eigenvalue weighted by atomic mass is 35.5. The fourth-order valence-electron chi connectivity index (χ4n) is 4.87. The van der Waals surface area contributed by atoms with E-state index in [0.717, 1.165) is 16.3 Å². The second-order valence-electron chi connectivity index (χ2n) is 12.7. The second-order valence-corrected chi connectivity index (χ2v) is 13.1. The molecule has 1 fully saturated rings. The Bertz CT molecular complexity index is 1530.